The van der Waals surface area contributed by atoms with Gasteiger partial charge in [0.1, 0.15) is 5.75 Å². The second-order valence-corrected chi connectivity index (χ2v) is 5.65. The number of ether oxygens (including phenoxy) is 1. The zero-order valence-corrected chi connectivity index (χ0v) is 14.2. The molecule has 3 rings (SSSR count). The van der Waals surface area contributed by atoms with E-state index in [9.17, 15) is 14.7 Å². The lowest BCUT2D eigenvalue weighted by atomic mass is 10.1. The Morgan fingerprint density at radius 1 is 0.920 bits per heavy atom. The molecule has 0 aliphatic carbocycles. The molecule has 0 radical (unpaired) electrons. The van der Waals surface area contributed by atoms with Crippen molar-refractivity contribution in [2.75, 3.05) is 11.5 Å². The van der Waals surface area contributed by atoms with Crippen molar-refractivity contribution in [1.29, 1.82) is 0 Å². The van der Waals surface area contributed by atoms with Gasteiger partial charge in [-0.05, 0) is 48.7 Å². The average Bonchev–Trinajstić information content (AvgIpc) is 2.85. The summed E-state index contributed by atoms with van der Waals surface area (Å²) < 4.78 is 5.37. The monoisotopic (exact) mass is 337 g/mol. The maximum absolute atomic E-state index is 12.7. The van der Waals surface area contributed by atoms with Gasteiger partial charge in [0.15, 0.2) is 5.76 Å². The standard InChI is InChI=1S/C20H19NO4/c1-3-13-5-9-15(10-6-13)21-19(23)17(18(22)20(21)24)14-7-11-16(12-8-14)25-4-2/h5-12,22H,3-4H2,1-2H3. The van der Waals surface area contributed by atoms with Gasteiger partial charge in [0.05, 0.1) is 17.9 Å². The fourth-order valence-corrected chi connectivity index (χ4v) is 2.78. The van der Waals surface area contributed by atoms with Crippen LogP contribution in [0.15, 0.2) is 54.3 Å². The smallest absolute Gasteiger partial charge is 0.301 e. The first kappa shape index (κ1) is 16.8. The first-order valence-corrected chi connectivity index (χ1v) is 8.21. The van der Waals surface area contributed by atoms with Crippen LogP contribution in [0.3, 0.4) is 0 Å². The Hall–Kier alpha value is -3.08. The molecule has 5 heteroatoms. The van der Waals surface area contributed by atoms with E-state index < -0.39 is 17.6 Å². The summed E-state index contributed by atoms with van der Waals surface area (Å²) in [6.45, 7) is 4.44. The van der Waals surface area contributed by atoms with Gasteiger partial charge in [0, 0.05) is 0 Å². The van der Waals surface area contributed by atoms with Gasteiger partial charge in [-0.25, -0.2) is 4.90 Å². The van der Waals surface area contributed by atoms with E-state index in [4.69, 9.17) is 4.74 Å². The number of imide groups is 1. The van der Waals surface area contributed by atoms with Gasteiger partial charge in [-0.1, -0.05) is 31.2 Å². The summed E-state index contributed by atoms with van der Waals surface area (Å²) in [5.74, 6) is -1.11. The highest BCUT2D eigenvalue weighted by atomic mass is 16.5. The van der Waals surface area contributed by atoms with Crippen molar-refractivity contribution in [3.8, 4) is 5.75 Å². The van der Waals surface area contributed by atoms with Crippen molar-refractivity contribution < 1.29 is 19.4 Å². The molecule has 0 saturated heterocycles. The molecule has 128 valence electrons. The topological polar surface area (TPSA) is 66.8 Å². The number of anilines is 1. The predicted molar refractivity (Wildman–Crippen MR) is 95.5 cm³/mol. The summed E-state index contributed by atoms with van der Waals surface area (Å²) >= 11 is 0. The van der Waals surface area contributed by atoms with Gasteiger partial charge >= 0.3 is 5.91 Å². The Bertz CT molecular complexity index is 835. The number of carbonyl (C=O) groups excluding carboxylic acids is 2. The molecule has 0 unspecified atom stereocenters. The molecular weight excluding hydrogens is 318 g/mol. The van der Waals surface area contributed by atoms with Crippen molar-refractivity contribution in [2.45, 2.75) is 20.3 Å². The predicted octanol–water partition coefficient (Wildman–Crippen LogP) is 3.49. The minimum absolute atomic E-state index is 0.00705. The van der Waals surface area contributed by atoms with E-state index in [1.165, 1.54) is 0 Å². The highest BCUT2D eigenvalue weighted by Gasteiger charge is 2.40. The average molecular weight is 337 g/mol. The molecule has 0 aromatic heterocycles. The number of carbonyl (C=O) groups is 2. The summed E-state index contributed by atoms with van der Waals surface area (Å²) in [4.78, 5) is 26.1. The lowest BCUT2D eigenvalue weighted by Gasteiger charge is -2.15. The Kier molecular flexibility index (Phi) is 4.57. The maximum atomic E-state index is 12.7. The number of hydrogen-bond donors (Lipinski definition) is 1. The van der Waals surface area contributed by atoms with Crippen LogP contribution in [0.25, 0.3) is 5.57 Å². The zero-order valence-electron chi connectivity index (χ0n) is 14.2. The normalized spacial score (nSPS) is 14.4. The van der Waals surface area contributed by atoms with Gasteiger partial charge in [0.25, 0.3) is 5.91 Å². The third-order valence-electron chi connectivity index (χ3n) is 4.12. The first-order chi connectivity index (χ1) is 12.1. The van der Waals surface area contributed by atoms with Crippen LogP contribution in [0.5, 0.6) is 5.75 Å². The van der Waals surface area contributed by atoms with Crippen LogP contribution in [-0.4, -0.2) is 23.5 Å². The third kappa shape index (κ3) is 3.01. The number of amides is 2. The van der Waals surface area contributed by atoms with Gasteiger partial charge in [-0.3, -0.25) is 9.59 Å². The van der Waals surface area contributed by atoms with Crippen LogP contribution in [0.1, 0.15) is 25.0 Å². The van der Waals surface area contributed by atoms with Gasteiger partial charge in [-0.15, -0.1) is 0 Å². The van der Waals surface area contributed by atoms with E-state index >= 15 is 0 Å². The van der Waals surface area contributed by atoms with Gasteiger partial charge in [-0.2, -0.15) is 0 Å². The fraction of sp³-hybridized carbons (Fsp3) is 0.200. The molecule has 1 aliphatic heterocycles. The molecule has 0 fully saturated rings. The molecule has 1 aliphatic rings. The minimum Gasteiger partial charge on any atom is -0.502 e. The number of aliphatic hydroxyl groups is 1. The molecular formula is C20H19NO4. The van der Waals surface area contributed by atoms with E-state index in [1.54, 1.807) is 36.4 Å². The summed E-state index contributed by atoms with van der Waals surface area (Å²) in [5, 5.41) is 10.2. The number of hydrogen-bond acceptors (Lipinski definition) is 4. The van der Waals surface area contributed by atoms with Crippen LogP contribution < -0.4 is 9.64 Å². The van der Waals surface area contributed by atoms with Crippen LogP contribution in [0.4, 0.5) is 5.69 Å². The lowest BCUT2D eigenvalue weighted by Crippen LogP contribution is -2.31. The molecule has 0 atom stereocenters. The van der Waals surface area contributed by atoms with Crippen LogP contribution >= 0.6 is 0 Å². The molecule has 0 spiro atoms. The molecule has 25 heavy (non-hydrogen) atoms. The third-order valence-corrected chi connectivity index (χ3v) is 4.12. The van der Waals surface area contributed by atoms with Crippen molar-refractivity contribution in [3.63, 3.8) is 0 Å². The molecule has 2 amide bonds. The number of benzene rings is 2. The SMILES string of the molecule is CCOc1ccc(C2=C(O)C(=O)N(c3ccc(CC)cc3)C2=O)cc1. The second kappa shape index (κ2) is 6.81. The number of aliphatic hydroxyl groups excluding tert-OH is 1. The zero-order chi connectivity index (χ0) is 18.0. The van der Waals surface area contributed by atoms with E-state index in [2.05, 4.69) is 0 Å². The summed E-state index contributed by atoms with van der Waals surface area (Å²) in [6.07, 6.45) is 0.864. The van der Waals surface area contributed by atoms with E-state index in [-0.39, 0.29) is 5.57 Å². The number of aryl methyl sites for hydroxylation is 1. The Labute approximate surface area is 146 Å². The van der Waals surface area contributed by atoms with Crippen LogP contribution in [0, 0.1) is 0 Å². The second-order valence-electron chi connectivity index (χ2n) is 5.65. The molecule has 1 N–H and O–H groups in total. The van der Waals surface area contributed by atoms with E-state index in [0.29, 0.717) is 23.6 Å². The molecule has 0 saturated carbocycles. The van der Waals surface area contributed by atoms with Crippen LogP contribution in [-0.2, 0) is 16.0 Å². The highest BCUT2D eigenvalue weighted by Crippen LogP contribution is 2.32. The molecule has 1 heterocycles. The molecule has 5 nitrogen and oxygen atoms in total. The number of nitrogens with zero attached hydrogens (tertiary/aromatic N) is 1. The van der Waals surface area contributed by atoms with Gasteiger partial charge < -0.3 is 9.84 Å². The van der Waals surface area contributed by atoms with E-state index in [0.717, 1.165) is 16.9 Å². The summed E-state index contributed by atoms with van der Waals surface area (Å²) in [6, 6.07) is 13.9. The van der Waals surface area contributed by atoms with Gasteiger partial charge in [0.2, 0.25) is 0 Å². The Balaban J connectivity index is 1.93. The van der Waals surface area contributed by atoms with Crippen molar-refractivity contribution >= 4 is 23.1 Å². The van der Waals surface area contributed by atoms with Crippen LogP contribution in [0.2, 0.25) is 0 Å². The quantitative estimate of drug-likeness (QED) is 0.848. The Morgan fingerprint density at radius 3 is 2.12 bits per heavy atom. The summed E-state index contributed by atoms with van der Waals surface area (Å²) in [5.41, 5.74) is 2.03. The number of rotatable bonds is 5. The van der Waals surface area contributed by atoms with Crippen molar-refractivity contribution in [1.82, 2.24) is 0 Å². The lowest BCUT2D eigenvalue weighted by molar-refractivity contribution is -0.121. The van der Waals surface area contributed by atoms with Crippen molar-refractivity contribution in [3.05, 3.63) is 65.4 Å². The fourth-order valence-electron chi connectivity index (χ4n) is 2.78. The first-order valence-electron chi connectivity index (χ1n) is 8.21. The molecule has 2 aromatic carbocycles. The highest BCUT2D eigenvalue weighted by molar-refractivity contribution is 6.44. The Morgan fingerprint density at radius 2 is 1.56 bits per heavy atom. The molecule has 0 bridgehead atoms. The molecule has 2 aromatic rings. The maximum Gasteiger partial charge on any atom is 0.301 e. The van der Waals surface area contributed by atoms with Crippen molar-refractivity contribution in [2.24, 2.45) is 0 Å². The minimum atomic E-state index is -0.710. The largest absolute Gasteiger partial charge is 0.502 e. The van der Waals surface area contributed by atoms with E-state index in [1.807, 2.05) is 26.0 Å². The summed E-state index contributed by atoms with van der Waals surface area (Å²) in [7, 11) is 0.